The van der Waals surface area contributed by atoms with Gasteiger partial charge in [-0.1, -0.05) is 25.2 Å². The van der Waals surface area contributed by atoms with Crippen molar-refractivity contribution < 1.29 is 4.84 Å². The number of hydrogen-bond acceptors (Lipinski definition) is 2. The molecule has 0 bridgehead atoms. The molecule has 1 aromatic heterocycles. The fourth-order valence-corrected chi connectivity index (χ4v) is 0.901. The molecule has 0 N–H and O–H groups in total. The van der Waals surface area contributed by atoms with Crippen LogP contribution in [0.5, 0.6) is 0 Å². The predicted molar refractivity (Wildman–Crippen MR) is 47.0 cm³/mol. The van der Waals surface area contributed by atoms with E-state index >= 15 is 0 Å². The van der Waals surface area contributed by atoms with Gasteiger partial charge in [0.2, 0.25) is 0 Å². The summed E-state index contributed by atoms with van der Waals surface area (Å²) in [6.07, 6.45) is 2.81. The Morgan fingerprint density at radius 2 is 2.36 bits per heavy atom. The van der Waals surface area contributed by atoms with E-state index in [4.69, 9.17) is 17.1 Å². The van der Waals surface area contributed by atoms with Crippen LogP contribution in [-0.4, -0.2) is 11.3 Å². The fourth-order valence-electron chi connectivity index (χ4n) is 0.709. The first kappa shape index (κ1) is 8.27. The van der Waals surface area contributed by atoms with Crippen molar-refractivity contribution in [3.63, 3.8) is 0 Å². The molecular weight excluding hydrogens is 158 g/mol. The zero-order valence-corrected chi connectivity index (χ0v) is 7.30. The monoisotopic (exact) mass is 169 g/mol. The zero-order chi connectivity index (χ0) is 8.10. The van der Waals surface area contributed by atoms with E-state index in [0.29, 0.717) is 11.2 Å². The van der Waals surface area contributed by atoms with E-state index in [2.05, 4.69) is 6.92 Å². The molecule has 0 aliphatic rings. The maximum atomic E-state index is 5.30. The third kappa shape index (κ3) is 2.35. The van der Waals surface area contributed by atoms with E-state index in [9.17, 15) is 0 Å². The standard InChI is InChI=1S/C8H11NOS/c1-2-7-10-9-6-4-3-5-8(9)11/h3-6H,2,7H2,1H3. The van der Waals surface area contributed by atoms with Gasteiger partial charge in [-0.3, -0.25) is 0 Å². The summed E-state index contributed by atoms with van der Waals surface area (Å²) in [5.74, 6) is 0. The minimum atomic E-state index is 0.707. The molecule has 0 amide bonds. The quantitative estimate of drug-likeness (QED) is 0.643. The van der Waals surface area contributed by atoms with Crippen molar-refractivity contribution in [2.75, 3.05) is 6.61 Å². The molecular formula is C8H11NOS. The van der Waals surface area contributed by atoms with Gasteiger partial charge in [0.15, 0.2) is 0 Å². The van der Waals surface area contributed by atoms with Crippen molar-refractivity contribution in [3.8, 4) is 0 Å². The summed E-state index contributed by atoms with van der Waals surface area (Å²) in [5, 5.41) is 0. The SMILES string of the molecule is CCCOn1ccccc1=S. The predicted octanol–water partition coefficient (Wildman–Crippen LogP) is 2.06. The first-order chi connectivity index (χ1) is 5.34. The summed E-state index contributed by atoms with van der Waals surface area (Å²) in [4.78, 5) is 5.30. The van der Waals surface area contributed by atoms with Crippen molar-refractivity contribution in [2.45, 2.75) is 13.3 Å². The molecule has 0 radical (unpaired) electrons. The van der Waals surface area contributed by atoms with Crippen LogP contribution in [0.2, 0.25) is 0 Å². The van der Waals surface area contributed by atoms with E-state index < -0.39 is 0 Å². The van der Waals surface area contributed by atoms with Crippen molar-refractivity contribution in [3.05, 3.63) is 29.0 Å². The number of nitrogens with zero attached hydrogens (tertiary/aromatic N) is 1. The van der Waals surface area contributed by atoms with Gasteiger partial charge in [-0.2, -0.15) is 4.73 Å². The van der Waals surface area contributed by atoms with Gasteiger partial charge in [0, 0.05) is 6.20 Å². The number of rotatable bonds is 3. The van der Waals surface area contributed by atoms with Crippen molar-refractivity contribution in [1.29, 1.82) is 0 Å². The average Bonchev–Trinajstić information content (AvgIpc) is 2.03. The normalized spacial score (nSPS) is 9.55. The van der Waals surface area contributed by atoms with E-state index in [1.807, 2.05) is 24.4 Å². The average molecular weight is 169 g/mol. The summed E-state index contributed by atoms with van der Waals surface area (Å²) in [7, 11) is 0. The molecule has 0 aromatic carbocycles. The Kier molecular flexibility index (Phi) is 3.11. The number of aromatic nitrogens is 1. The van der Waals surface area contributed by atoms with Crippen LogP contribution in [-0.2, 0) is 0 Å². The molecule has 0 saturated heterocycles. The maximum Gasteiger partial charge on any atom is 0.142 e. The van der Waals surface area contributed by atoms with Crippen molar-refractivity contribution in [2.24, 2.45) is 0 Å². The van der Waals surface area contributed by atoms with Crippen LogP contribution in [0.4, 0.5) is 0 Å². The summed E-state index contributed by atoms with van der Waals surface area (Å²) in [6.45, 7) is 2.77. The summed E-state index contributed by atoms with van der Waals surface area (Å²) in [5.41, 5.74) is 0. The molecule has 2 nitrogen and oxygen atoms in total. The van der Waals surface area contributed by atoms with Gasteiger partial charge in [-0.25, -0.2) is 0 Å². The van der Waals surface area contributed by atoms with Crippen LogP contribution in [0.25, 0.3) is 0 Å². The Hall–Kier alpha value is -0.830. The van der Waals surface area contributed by atoms with Gasteiger partial charge >= 0.3 is 0 Å². The lowest BCUT2D eigenvalue weighted by molar-refractivity contribution is 0.106. The molecule has 1 heterocycles. The molecule has 0 aliphatic carbocycles. The summed E-state index contributed by atoms with van der Waals surface area (Å²) in [6, 6.07) is 5.63. The molecule has 3 heteroatoms. The molecule has 0 saturated carbocycles. The molecule has 0 atom stereocenters. The van der Waals surface area contributed by atoms with Crippen LogP contribution >= 0.6 is 12.2 Å². The largest absolute Gasteiger partial charge is 0.413 e. The van der Waals surface area contributed by atoms with Gasteiger partial charge in [0.1, 0.15) is 11.2 Å². The highest BCUT2D eigenvalue weighted by Crippen LogP contribution is 1.90. The highest BCUT2D eigenvalue weighted by molar-refractivity contribution is 7.71. The van der Waals surface area contributed by atoms with E-state index in [1.165, 1.54) is 0 Å². The second kappa shape index (κ2) is 4.13. The molecule has 0 spiro atoms. The van der Waals surface area contributed by atoms with Crippen LogP contribution in [0.15, 0.2) is 24.4 Å². The lowest BCUT2D eigenvalue weighted by atomic mass is 10.5. The van der Waals surface area contributed by atoms with E-state index in [1.54, 1.807) is 4.73 Å². The lowest BCUT2D eigenvalue weighted by Crippen LogP contribution is -2.12. The molecule has 1 rings (SSSR count). The Morgan fingerprint density at radius 1 is 1.55 bits per heavy atom. The number of hydrogen-bond donors (Lipinski definition) is 0. The highest BCUT2D eigenvalue weighted by Gasteiger charge is 1.87. The molecule has 0 fully saturated rings. The highest BCUT2D eigenvalue weighted by atomic mass is 32.1. The third-order valence-corrected chi connectivity index (χ3v) is 1.54. The van der Waals surface area contributed by atoms with Gasteiger partial charge in [-0.15, -0.1) is 0 Å². The molecule has 0 unspecified atom stereocenters. The number of pyridine rings is 1. The lowest BCUT2D eigenvalue weighted by Gasteiger charge is -2.06. The Balaban J connectivity index is 2.70. The van der Waals surface area contributed by atoms with Crippen LogP contribution in [0.3, 0.4) is 0 Å². The Labute approximate surface area is 71.4 Å². The molecule has 60 valence electrons. The molecule has 11 heavy (non-hydrogen) atoms. The maximum absolute atomic E-state index is 5.30. The van der Waals surface area contributed by atoms with Crippen LogP contribution in [0, 0.1) is 4.64 Å². The second-order valence-electron chi connectivity index (χ2n) is 2.20. The second-order valence-corrected chi connectivity index (χ2v) is 2.62. The van der Waals surface area contributed by atoms with Gasteiger partial charge < -0.3 is 4.84 Å². The van der Waals surface area contributed by atoms with Crippen molar-refractivity contribution >= 4 is 12.2 Å². The van der Waals surface area contributed by atoms with Crippen LogP contribution < -0.4 is 4.84 Å². The smallest absolute Gasteiger partial charge is 0.142 e. The van der Waals surface area contributed by atoms with Gasteiger partial charge in [0.25, 0.3) is 0 Å². The molecule has 0 aliphatic heterocycles. The first-order valence-corrected chi connectivity index (χ1v) is 4.06. The van der Waals surface area contributed by atoms with Gasteiger partial charge in [0.05, 0.1) is 0 Å². The Morgan fingerprint density at radius 3 is 3.00 bits per heavy atom. The first-order valence-electron chi connectivity index (χ1n) is 3.65. The Bertz CT molecular complexity index is 269. The topological polar surface area (TPSA) is 14.2 Å². The van der Waals surface area contributed by atoms with E-state index in [0.717, 1.165) is 6.42 Å². The fraction of sp³-hybridized carbons (Fsp3) is 0.375. The van der Waals surface area contributed by atoms with E-state index in [-0.39, 0.29) is 0 Å². The van der Waals surface area contributed by atoms with Crippen LogP contribution in [0.1, 0.15) is 13.3 Å². The minimum Gasteiger partial charge on any atom is -0.413 e. The van der Waals surface area contributed by atoms with Gasteiger partial charge in [-0.05, 0) is 18.6 Å². The summed E-state index contributed by atoms with van der Waals surface area (Å²) >= 11 is 5.00. The minimum absolute atomic E-state index is 0.707. The zero-order valence-electron chi connectivity index (χ0n) is 6.49. The third-order valence-electron chi connectivity index (χ3n) is 1.22. The summed E-state index contributed by atoms with van der Waals surface area (Å²) < 4.78 is 2.32. The molecule has 1 aromatic rings. The van der Waals surface area contributed by atoms with Crippen molar-refractivity contribution in [1.82, 2.24) is 4.73 Å².